The minimum Gasteiger partial charge on any atom is -0.462 e. The van der Waals surface area contributed by atoms with Crippen molar-refractivity contribution in [3.05, 3.63) is 52.8 Å². The van der Waals surface area contributed by atoms with Crippen LogP contribution in [0.25, 0.3) is 11.1 Å². The second-order valence-corrected chi connectivity index (χ2v) is 5.53. The Morgan fingerprint density at radius 2 is 1.96 bits per heavy atom. The first-order chi connectivity index (χ1) is 12.0. The number of halogens is 1. The summed E-state index contributed by atoms with van der Waals surface area (Å²) in [4.78, 5) is 20.9. The molecule has 1 N–H and O–H groups in total. The smallest absolute Gasteiger partial charge is 0.342 e. The van der Waals surface area contributed by atoms with Gasteiger partial charge in [0.2, 0.25) is 5.71 Å². The maximum absolute atomic E-state index is 13.0. The minimum absolute atomic E-state index is 0.260. The first-order valence-corrected chi connectivity index (χ1v) is 7.92. The molecule has 0 saturated carbocycles. The number of benzene rings is 1. The molecule has 0 aliphatic rings. The number of esters is 1. The van der Waals surface area contributed by atoms with Crippen LogP contribution in [0, 0.1) is 19.7 Å². The van der Waals surface area contributed by atoms with E-state index in [0.29, 0.717) is 40.6 Å². The molecule has 7 heteroatoms. The van der Waals surface area contributed by atoms with Crippen molar-refractivity contribution in [2.24, 2.45) is 0 Å². The number of nitrogens with one attached hydrogen (secondary N) is 1. The van der Waals surface area contributed by atoms with Crippen LogP contribution in [-0.4, -0.2) is 22.5 Å². The molecule has 1 aromatic carbocycles. The van der Waals surface area contributed by atoms with Crippen molar-refractivity contribution in [2.75, 3.05) is 11.9 Å². The zero-order chi connectivity index (χ0) is 18.0. The van der Waals surface area contributed by atoms with Gasteiger partial charge in [-0.25, -0.2) is 14.2 Å². The Hall–Kier alpha value is -2.96. The van der Waals surface area contributed by atoms with Gasteiger partial charge in [0.25, 0.3) is 0 Å². The van der Waals surface area contributed by atoms with Gasteiger partial charge in [0, 0.05) is 6.54 Å². The van der Waals surface area contributed by atoms with Gasteiger partial charge in [-0.2, -0.15) is 4.98 Å². The van der Waals surface area contributed by atoms with Gasteiger partial charge in [0.05, 0.1) is 12.0 Å². The van der Waals surface area contributed by atoms with Crippen LogP contribution in [0.2, 0.25) is 0 Å². The number of hydrogen-bond acceptors (Lipinski definition) is 6. The monoisotopic (exact) mass is 343 g/mol. The fourth-order valence-corrected chi connectivity index (χ4v) is 2.58. The maximum Gasteiger partial charge on any atom is 0.342 e. The quantitative estimate of drug-likeness (QED) is 0.711. The Bertz CT molecular complexity index is 919. The molecule has 0 saturated heterocycles. The first-order valence-electron chi connectivity index (χ1n) is 7.92. The van der Waals surface area contributed by atoms with E-state index in [2.05, 4.69) is 15.3 Å². The number of nitrogens with zero attached hydrogens (tertiary/aromatic N) is 2. The predicted octanol–water partition coefficient (Wildman–Crippen LogP) is 3.77. The summed E-state index contributed by atoms with van der Waals surface area (Å²) in [6, 6.07) is 6.15. The third-order valence-electron chi connectivity index (χ3n) is 3.69. The van der Waals surface area contributed by atoms with Crippen molar-refractivity contribution < 1.29 is 18.3 Å². The van der Waals surface area contributed by atoms with E-state index in [1.165, 1.54) is 12.1 Å². The highest BCUT2D eigenvalue weighted by Gasteiger charge is 2.24. The summed E-state index contributed by atoms with van der Waals surface area (Å²) in [5, 5.41) is 3.66. The Kier molecular flexibility index (Phi) is 4.65. The van der Waals surface area contributed by atoms with Gasteiger partial charge < -0.3 is 14.5 Å². The Morgan fingerprint density at radius 1 is 1.24 bits per heavy atom. The standard InChI is InChI=1S/C18H18FN3O3/c1-4-24-18(23)14-10(2)25-17-15(14)16(21-11(3)22-17)20-9-12-5-7-13(19)8-6-12/h5-8H,4,9H2,1-3H3,(H,20,21,22). The number of carbonyl (C=O) groups excluding carboxylic acids is 1. The van der Waals surface area contributed by atoms with E-state index >= 15 is 0 Å². The lowest BCUT2D eigenvalue weighted by atomic mass is 10.1. The van der Waals surface area contributed by atoms with Crippen molar-refractivity contribution in [3.63, 3.8) is 0 Å². The molecule has 6 nitrogen and oxygen atoms in total. The normalized spacial score (nSPS) is 10.9. The molecule has 0 aliphatic carbocycles. The molecule has 2 aromatic heterocycles. The Morgan fingerprint density at radius 3 is 2.64 bits per heavy atom. The number of anilines is 1. The molecular formula is C18H18FN3O3. The number of hydrogen-bond donors (Lipinski definition) is 1. The molecule has 25 heavy (non-hydrogen) atoms. The van der Waals surface area contributed by atoms with E-state index in [-0.39, 0.29) is 12.4 Å². The average molecular weight is 343 g/mol. The van der Waals surface area contributed by atoms with E-state index in [4.69, 9.17) is 9.15 Å². The molecular weight excluding hydrogens is 325 g/mol. The molecule has 0 atom stereocenters. The second kappa shape index (κ2) is 6.88. The molecule has 130 valence electrons. The molecule has 0 spiro atoms. The number of furan rings is 1. The highest BCUT2D eigenvalue weighted by atomic mass is 19.1. The van der Waals surface area contributed by atoms with Crippen molar-refractivity contribution in [1.82, 2.24) is 9.97 Å². The van der Waals surface area contributed by atoms with Gasteiger partial charge in [-0.15, -0.1) is 0 Å². The zero-order valence-electron chi connectivity index (χ0n) is 14.2. The number of rotatable bonds is 5. The van der Waals surface area contributed by atoms with Crippen molar-refractivity contribution in [1.29, 1.82) is 0 Å². The number of aromatic nitrogens is 2. The highest BCUT2D eigenvalue weighted by molar-refractivity contribution is 6.07. The predicted molar refractivity (Wildman–Crippen MR) is 91.0 cm³/mol. The largest absolute Gasteiger partial charge is 0.462 e. The van der Waals surface area contributed by atoms with E-state index in [0.717, 1.165) is 5.56 Å². The van der Waals surface area contributed by atoms with Gasteiger partial charge >= 0.3 is 5.97 Å². The topological polar surface area (TPSA) is 77.2 Å². The minimum atomic E-state index is -0.476. The molecule has 2 heterocycles. The van der Waals surface area contributed by atoms with Gasteiger partial charge in [-0.05, 0) is 38.5 Å². The molecule has 0 radical (unpaired) electrons. The number of fused-ring (bicyclic) bond motifs is 1. The molecule has 0 amide bonds. The lowest BCUT2D eigenvalue weighted by Gasteiger charge is -2.09. The van der Waals surface area contributed by atoms with E-state index in [9.17, 15) is 9.18 Å². The van der Waals surface area contributed by atoms with Crippen LogP contribution in [0.4, 0.5) is 10.2 Å². The lowest BCUT2D eigenvalue weighted by molar-refractivity contribution is 0.0526. The Balaban J connectivity index is 2.00. The van der Waals surface area contributed by atoms with Gasteiger partial charge in [-0.1, -0.05) is 12.1 Å². The second-order valence-electron chi connectivity index (χ2n) is 5.53. The van der Waals surface area contributed by atoms with Crippen LogP contribution in [0.3, 0.4) is 0 Å². The highest BCUT2D eigenvalue weighted by Crippen LogP contribution is 2.30. The maximum atomic E-state index is 13.0. The van der Waals surface area contributed by atoms with E-state index in [1.807, 2.05) is 0 Å². The van der Waals surface area contributed by atoms with Gasteiger partial charge in [0.15, 0.2) is 0 Å². The van der Waals surface area contributed by atoms with E-state index < -0.39 is 5.97 Å². The van der Waals surface area contributed by atoms with Gasteiger partial charge in [-0.3, -0.25) is 0 Å². The van der Waals surface area contributed by atoms with Crippen LogP contribution in [0.5, 0.6) is 0 Å². The van der Waals surface area contributed by atoms with Crippen LogP contribution >= 0.6 is 0 Å². The molecule has 3 rings (SSSR count). The van der Waals surface area contributed by atoms with Crippen molar-refractivity contribution in [2.45, 2.75) is 27.3 Å². The summed E-state index contributed by atoms with van der Waals surface area (Å²) < 4.78 is 23.8. The SMILES string of the molecule is CCOC(=O)c1c(C)oc2nc(C)nc(NCc3ccc(F)cc3)c12. The zero-order valence-corrected chi connectivity index (χ0v) is 14.2. The summed E-state index contributed by atoms with van der Waals surface area (Å²) in [5.74, 6) is 0.651. The fraction of sp³-hybridized carbons (Fsp3) is 0.278. The number of ether oxygens (including phenoxy) is 1. The molecule has 0 bridgehead atoms. The summed E-state index contributed by atoms with van der Waals surface area (Å²) >= 11 is 0. The first kappa shape index (κ1) is 16.9. The van der Waals surface area contributed by atoms with E-state index in [1.54, 1.807) is 32.9 Å². The van der Waals surface area contributed by atoms with Crippen molar-refractivity contribution in [3.8, 4) is 0 Å². The average Bonchev–Trinajstić information content (AvgIpc) is 2.90. The summed E-state index contributed by atoms with van der Waals surface area (Å²) in [5.41, 5.74) is 1.52. The molecule has 3 aromatic rings. The third-order valence-corrected chi connectivity index (χ3v) is 3.69. The summed E-state index contributed by atoms with van der Waals surface area (Å²) in [6.07, 6.45) is 0. The molecule has 0 unspecified atom stereocenters. The number of aryl methyl sites for hydroxylation is 2. The molecule has 0 fully saturated rings. The van der Waals surface area contributed by atoms with Crippen LogP contribution in [0.15, 0.2) is 28.7 Å². The molecule has 0 aliphatic heterocycles. The van der Waals surface area contributed by atoms with Crippen LogP contribution in [0.1, 0.15) is 34.4 Å². The summed E-state index contributed by atoms with van der Waals surface area (Å²) in [7, 11) is 0. The lowest BCUT2D eigenvalue weighted by Crippen LogP contribution is -2.08. The van der Waals surface area contributed by atoms with Crippen LogP contribution in [-0.2, 0) is 11.3 Å². The van der Waals surface area contributed by atoms with Crippen molar-refractivity contribution >= 4 is 22.9 Å². The fourth-order valence-electron chi connectivity index (χ4n) is 2.58. The Labute approximate surface area is 144 Å². The van der Waals surface area contributed by atoms with Gasteiger partial charge in [0.1, 0.15) is 28.8 Å². The third kappa shape index (κ3) is 3.45. The van der Waals surface area contributed by atoms with Crippen LogP contribution < -0.4 is 5.32 Å². The summed E-state index contributed by atoms with van der Waals surface area (Å²) in [6.45, 7) is 5.84. The number of carbonyl (C=O) groups is 1.